The van der Waals surface area contributed by atoms with E-state index in [1.807, 2.05) is 26.8 Å². The van der Waals surface area contributed by atoms with Crippen molar-refractivity contribution in [1.82, 2.24) is 16.0 Å². The standard InChI is InChI=1S/C19H33N5O.HI/c1-6-24(16-11-8-7-9-12-16)14-10-13-21-18(20-5)22-15-17(25)23-19(2,3)4;/h7-9,11-12H,6,10,13-15H2,1-5H3,(H,23,25)(H2,20,21,22);1H. The zero-order valence-electron chi connectivity index (χ0n) is 16.6. The molecular formula is C19H34IN5O. The highest BCUT2D eigenvalue weighted by Crippen LogP contribution is 2.12. The van der Waals surface area contributed by atoms with Crippen LogP contribution >= 0.6 is 24.0 Å². The molecule has 0 atom stereocenters. The molecular weight excluding hydrogens is 441 g/mol. The number of guanidine groups is 1. The van der Waals surface area contributed by atoms with E-state index in [0.29, 0.717) is 5.96 Å². The van der Waals surface area contributed by atoms with E-state index in [2.05, 4.69) is 57.0 Å². The van der Waals surface area contributed by atoms with Gasteiger partial charge in [-0.25, -0.2) is 0 Å². The lowest BCUT2D eigenvalue weighted by molar-refractivity contribution is -0.121. The van der Waals surface area contributed by atoms with Crippen molar-refractivity contribution < 1.29 is 4.79 Å². The minimum absolute atomic E-state index is 0. The molecule has 148 valence electrons. The molecule has 3 N–H and O–H groups in total. The Balaban J connectivity index is 0.00000625. The molecule has 26 heavy (non-hydrogen) atoms. The van der Waals surface area contributed by atoms with Crippen molar-refractivity contribution >= 4 is 41.5 Å². The van der Waals surface area contributed by atoms with Crippen LogP contribution in [0.4, 0.5) is 5.69 Å². The van der Waals surface area contributed by atoms with E-state index in [-0.39, 0.29) is 42.0 Å². The van der Waals surface area contributed by atoms with Gasteiger partial charge in [0.1, 0.15) is 0 Å². The fourth-order valence-corrected chi connectivity index (χ4v) is 2.43. The number of hydrogen-bond donors (Lipinski definition) is 3. The molecule has 1 aromatic carbocycles. The van der Waals surface area contributed by atoms with Gasteiger partial charge in [-0.1, -0.05) is 18.2 Å². The third kappa shape index (κ3) is 10.5. The van der Waals surface area contributed by atoms with Gasteiger partial charge in [0.05, 0.1) is 6.54 Å². The van der Waals surface area contributed by atoms with Crippen LogP contribution in [0.5, 0.6) is 0 Å². The topological polar surface area (TPSA) is 68.8 Å². The Morgan fingerprint density at radius 2 is 1.81 bits per heavy atom. The second-order valence-corrected chi connectivity index (χ2v) is 6.92. The first kappa shape index (κ1) is 24.5. The summed E-state index contributed by atoms with van der Waals surface area (Å²) in [6, 6.07) is 10.4. The number of nitrogens with zero attached hydrogens (tertiary/aromatic N) is 2. The molecule has 1 amide bonds. The molecule has 0 heterocycles. The van der Waals surface area contributed by atoms with Crippen LogP contribution in [0.3, 0.4) is 0 Å². The van der Waals surface area contributed by atoms with E-state index >= 15 is 0 Å². The van der Waals surface area contributed by atoms with E-state index in [1.54, 1.807) is 7.05 Å². The summed E-state index contributed by atoms with van der Waals surface area (Å²) in [5, 5.41) is 9.21. The second-order valence-electron chi connectivity index (χ2n) is 6.92. The molecule has 1 rings (SSSR count). The second kappa shape index (κ2) is 12.8. The lowest BCUT2D eigenvalue weighted by Crippen LogP contribution is -2.48. The van der Waals surface area contributed by atoms with Crippen molar-refractivity contribution in [2.24, 2.45) is 4.99 Å². The Morgan fingerprint density at radius 1 is 1.15 bits per heavy atom. The molecule has 0 fully saturated rings. The minimum Gasteiger partial charge on any atom is -0.372 e. The van der Waals surface area contributed by atoms with Gasteiger partial charge in [-0.05, 0) is 46.2 Å². The third-order valence-electron chi connectivity index (χ3n) is 3.55. The first-order valence-corrected chi connectivity index (χ1v) is 8.91. The summed E-state index contributed by atoms with van der Waals surface area (Å²) in [6.45, 7) is 11.0. The summed E-state index contributed by atoms with van der Waals surface area (Å²) >= 11 is 0. The smallest absolute Gasteiger partial charge is 0.239 e. The fourth-order valence-electron chi connectivity index (χ4n) is 2.43. The van der Waals surface area contributed by atoms with Crippen molar-refractivity contribution in [3.63, 3.8) is 0 Å². The number of rotatable bonds is 8. The van der Waals surface area contributed by atoms with Crippen LogP contribution < -0.4 is 20.9 Å². The average molecular weight is 475 g/mol. The Kier molecular flexibility index (Phi) is 12.0. The Morgan fingerprint density at radius 3 is 2.35 bits per heavy atom. The molecule has 0 radical (unpaired) electrons. The van der Waals surface area contributed by atoms with Crippen LogP contribution in [0.15, 0.2) is 35.3 Å². The first-order chi connectivity index (χ1) is 11.9. The van der Waals surface area contributed by atoms with Crippen LogP contribution in [0.25, 0.3) is 0 Å². The summed E-state index contributed by atoms with van der Waals surface area (Å²) in [5.41, 5.74) is 1.02. The van der Waals surface area contributed by atoms with E-state index in [4.69, 9.17) is 0 Å². The zero-order valence-corrected chi connectivity index (χ0v) is 19.0. The van der Waals surface area contributed by atoms with Crippen LogP contribution in [0, 0.1) is 0 Å². The van der Waals surface area contributed by atoms with Crippen molar-refractivity contribution in [3.8, 4) is 0 Å². The maximum absolute atomic E-state index is 11.8. The number of carbonyl (C=O) groups excluding carboxylic acids is 1. The Hall–Kier alpha value is -1.51. The molecule has 0 bridgehead atoms. The molecule has 7 heteroatoms. The Labute approximate surface area is 175 Å². The van der Waals surface area contributed by atoms with Crippen LogP contribution in [-0.2, 0) is 4.79 Å². The van der Waals surface area contributed by atoms with E-state index in [1.165, 1.54) is 5.69 Å². The molecule has 0 aliphatic carbocycles. The number of halogens is 1. The maximum atomic E-state index is 11.8. The lowest BCUT2D eigenvalue weighted by Gasteiger charge is -2.23. The number of aliphatic imine (C=N–C) groups is 1. The normalized spacial score (nSPS) is 11.3. The van der Waals surface area contributed by atoms with Gasteiger partial charge in [0.2, 0.25) is 5.91 Å². The molecule has 0 aliphatic heterocycles. The summed E-state index contributed by atoms with van der Waals surface area (Å²) in [7, 11) is 1.71. The number of hydrogen-bond acceptors (Lipinski definition) is 3. The molecule has 0 unspecified atom stereocenters. The monoisotopic (exact) mass is 475 g/mol. The molecule has 0 aliphatic rings. The third-order valence-corrected chi connectivity index (χ3v) is 3.55. The van der Waals surface area contributed by atoms with Gasteiger partial charge in [-0.2, -0.15) is 0 Å². The van der Waals surface area contributed by atoms with E-state index in [0.717, 1.165) is 26.1 Å². The maximum Gasteiger partial charge on any atom is 0.239 e. The first-order valence-electron chi connectivity index (χ1n) is 8.91. The van der Waals surface area contributed by atoms with Crippen molar-refractivity contribution in [2.75, 3.05) is 38.1 Å². The van der Waals surface area contributed by atoms with Gasteiger partial charge in [0.15, 0.2) is 5.96 Å². The predicted molar refractivity (Wildman–Crippen MR) is 122 cm³/mol. The molecule has 0 spiro atoms. The van der Waals surface area contributed by atoms with Gasteiger partial charge in [0.25, 0.3) is 0 Å². The number of amides is 1. The lowest BCUT2D eigenvalue weighted by atomic mass is 10.1. The highest BCUT2D eigenvalue weighted by atomic mass is 127. The van der Waals surface area contributed by atoms with Crippen molar-refractivity contribution in [1.29, 1.82) is 0 Å². The number of nitrogens with one attached hydrogen (secondary N) is 3. The van der Waals surface area contributed by atoms with Crippen LogP contribution in [0.2, 0.25) is 0 Å². The van der Waals surface area contributed by atoms with Gasteiger partial charge in [-0.3, -0.25) is 9.79 Å². The number of para-hydroxylation sites is 1. The zero-order chi connectivity index (χ0) is 18.7. The van der Waals surface area contributed by atoms with Crippen LogP contribution in [0.1, 0.15) is 34.1 Å². The fraction of sp³-hybridized carbons (Fsp3) is 0.579. The highest BCUT2D eigenvalue weighted by Gasteiger charge is 2.13. The summed E-state index contributed by atoms with van der Waals surface area (Å²) in [6.07, 6.45) is 0.984. The number of benzene rings is 1. The number of anilines is 1. The van der Waals surface area contributed by atoms with Crippen molar-refractivity contribution in [2.45, 2.75) is 39.7 Å². The molecule has 0 aromatic heterocycles. The largest absolute Gasteiger partial charge is 0.372 e. The summed E-state index contributed by atoms with van der Waals surface area (Å²) < 4.78 is 0. The average Bonchev–Trinajstić information content (AvgIpc) is 2.56. The van der Waals surface area contributed by atoms with Crippen molar-refractivity contribution in [3.05, 3.63) is 30.3 Å². The van der Waals surface area contributed by atoms with E-state index in [9.17, 15) is 4.79 Å². The van der Waals surface area contributed by atoms with Gasteiger partial charge >= 0.3 is 0 Å². The predicted octanol–water partition coefficient (Wildman–Crippen LogP) is 2.60. The van der Waals surface area contributed by atoms with Gasteiger partial charge < -0.3 is 20.9 Å². The quantitative estimate of drug-likeness (QED) is 0.234. The molecule has 0 saturated heterocycles. The van der Waals surface area contributed by atoms with Crippen LogP contribution in [-0.4, -0.2) is 50.6 Å². The molecule has 1 aromatic rings. The van der Waals surface area contributed by atoms with Gasteiger partial charge in [0, 0.05) is 37.9 Å². The highest BCUT2D eigenvalue weighted by molar-refractivity contribution is 14.0. The summed E-state index contributed by atoms with van der Waals surface area (Å²) in [5.74, 6) is 0.600. The Bertz CT molecular complexity index is 543. The summed E-state index contributed by atoms with van der Waals surface area (Å²) in [4.78, 5) is 18.3. The SMILES string of the molecule is CCN(CCCNC(=NC)NCC(=O)NC(C)(C)C)c1ccccc1.I. The van der Waals surface area contributed by atoms with Gasteiger partial charge in [-0.15, -0.1) is 24.0 Å². The van der Waals surface area contributed by atoms with E-state index < -0.39 is 0 Å². The number of carbonyl (C=O) groups is 1. The molecule has 6 nitrogen and oxygen atoms in total. The minimum atomic E-state index is -0.225. The molecule has 0 saturated carbocycles.